The molecule has 1 aromatic rings. The van der Waals surface area contributed by atoms with E-state index in [9.17, 15) is 0 Å². The van der Waals surface area contributed by atoms with Crippen LogP contribution in [-0.2, 0) is 6.54 Å². The van der Waals surface area contributed by atoms with Crippen LogP contribution in [-0.4, -0.2) is 13.2 Å². The Labute approximate surface area is 109 Å². The number of methoxy groups -OCH3 is 1. The Balaban J connectivity index is 0.00000225. The third-order valence-electron chi connectivity index (χ3n) is 2.48. The maximum atomic E-state index is 6.03. The lowest BCUT2D eigenvalue weighted by Crippen LogP contribution is -2.24. The van der Waals surface area contributed by atoms with E-state index in [1.54, 1.807) is 7.11 Å². The number of benzene rings is 1. The van der Waals surface area contributed by atoms with Gasteiger partial charge in [0.25, 0.3) is 0 Å². The van der Waals surface area contributed by atoms with Crippen LogP contribution < -0.4 is 10.1 Å². The van der Waals surface area contributed by atoms with Crippen molar-refractivity contribution in [3.8, 4) is 5.75 Å². The van der Waals surface area contributed by atoms with Gasteiger partial charge < -0.3 is 10.1 Å². The van der Waals surface area contributed by atoms with Crippen molar-refractivity contribution < 1.29 is 4.74 Å². The van der Waals surface area contributed by atoms with Gasteiger partial charge in [-0.2, -0.15) is 0 Å². The number of rotatable bonds is 5. The molecule has 1 N–H and O–H groups in total. The zero-order valence-corrected chi connectivity index (χ0v) is 11.5. The largest absolute Gasteiger partial charge is 0.495 e. The van der Waals surface area contributed by atoms with Gasteiger partial charge in [-0.3, -0.25) is 0 Å². The van der Waals surface area contributed by atoms with Crippen LogP contribution in [0.4, 0.5) is 0 Å². The SMILES string of the molecule is CCC(C)NCc1ccc(OC)c(Cl)c1.Cl. The molecule has 1 rings (SSSR count). The fourth-order valence-electron chi connectivity index (χ4n) is 1.26. The summed E-state index contributed by atoms with van der Waals surface area (Å²) in [5.74, 6) is 0.726. The fraction of sp³-hybridized carbons (Fsp3) is 0.500. The summed E-state index contributed by atoms with van der Waals surface area (Å²) in [6.07, 6.45) is 1.13. The summed E-state index contributed by atoms with van der Waals surface area (Å²) in [6.45, 7) is 5.18. The van der Waals surface area contributed by atoms with Crippen molar-refractivity contribution in [2.24, 2.45) is 0 Å². The molecular formula is C12H19Cl2NO. The van der Waals surface area contributed by atoms with Gasteiger partial charge in [0.2, 0.25) is 0 Å². The van der Waals surface area contributed by atoms with Gasteiger partial charge in [-0.05, 0) is 31.0 Å². The van der Waals surface area contributed by atoms with Gasteiger partial charge in [-0.25, -0.2) is 0 Å². The van der Waals surface area contributed by atoms with E-state index in [0.717, 1.165) is 18.7 Å². The minimum Gasteiger partial charge on any atom is -0.495 e. The van der Waals surface area contributed by atoms with E-state index in [4.69, 9.17) is 16.3 Å². The van der Waals surface area contributed by atoms with E-state index in [-0.39, 0.29) is 12.4 Å². The van der Waals surface area contributed by atoms with Crippen molar-refractivity contribution in [2.45, 2.75) is 32.9 Å². The molecule has 0 aliphatic rings. The molecule has 1 aromatic carbocycles. The lowest BCUT2D eigenvalue weighted by molar-refractivity contribution is 0.414. The van der Waals surface area contributed by atoms with Gasteiger partial charge in [-0.1, -0.05) is 24.6 Å². The summed E-state index contributed by atoms with van der Waals surface area (Å²) >= 11 is 6.03. The molecule has 0 bridgehead atoms. The second kappa shape index (κ2) is 7.77. The Kier molecular flexibility index (Phi) is 7.56. The van der Waals surface area contributed by atoms with Crippen LogP contribution in [0.1, 0.15) is 25.8 Å². The first-order chi connectivity index (χ1) is 7.17. The Morgan fingerprint density at radius 1 is 1.44 bits per heavy atom. The summed E-state index contributed by atoms with van der Waals surface area (Å²) < 4.78 is 5.09. The number of halogens is 2. The molecule has 4 heteroatoms. The van der Waals surface area contributed by atoms with Gasteiger partial charge >= 0.3 is 0 Å². The zero-order chi connectivity index (χ0) is 11.3. The van der Waals surface area contributed by atoms with Crippen LogP contribution in [0.5, 0.6) is 5.75 Å². The summed E-state index contributed by atoms with van der Waals surface area (Å²) in [7, 11) is 1.62. The van der Waals surface area contributed by atoms with Gasteiger partial charge in [0.05, 0.1) is 12.1 Å². The molecule has 0 saturated heterocycles. The summed E-state index contributed by atoms with van der Waals surface area (Å²) in [6, 6.07) is 6.40. The molecule has 0 spiro atoms. The first-order valence-electron chi connectivity index (χ1n) is 5.23. The number of nitrogens with one attached hydrogen (secondary N) is 1. The van der Waals surface area contributed by atoms with Crippen molar-refractivity contribution in [2.75, 3.05) is 7.11 Å². The predicted molar refractivity (Wildman–Crippen MR) is 71.8 cm³/mol. The fourth-order valence-corrected chi connectivity index (χ4v) is 1.54. The first-order valence-corrected chi connectivity index (χ1v) is 5.61. The highest BCUT2D eigenvalue weighted by Gasteiger charge is 2.02. The van der Waals surface area contributed by atoms with Gasteiger partial charge in [0.15, 0.2) is 0 Å². The average molecular weight is 264 g/mol. The van der Waals surface area contributed by atoms with Crippen LogP contribution in [0.25, 0.3) is 0 Å². The maximum Gasteiger partial charge on any atom is 0.137 e. The zero-order valence-electron chi connectivity index (χ0n) is 9.92. The lowest BCUT2D eigenvalue weighted by atomic mass is 10.2. The van der Waals surface area contributed by atoms with Crippen molar-refractivity contribution in [1.82, 2.24) is 5.32 Å². The van der Waals surface area contributed by atoms with Crippen LogP contribution >= 0.6 is 24.0 Å². The highest BCUT2D eigenvalue weighted by molar-refractivity contribution is 6.32. The predicted octanol–water partition coefficient (Wildman–Crippen LogP) is 3.66. The monoisotopic (exact) mass is 263 g/mol. The summed E-state index contributed by atoms with van der Waals surface area (Å²) in [5, 5.41) is 4.08. The third kappa shape index (κ3) is 4.60. The average Bonchev–Trinajstić information content (AvgIpc) is 2.26. The summed E-state index contributed by atoms with van der Waals surface area (Å²) in [5.41, 5.74) is 1.18. The van der Waals surface area contributed by atoms with Gasteiger partial charge in [-0.15, -0.1) is 12.4 Å². The molecule has 0 fully saturated rings. The number of hydrogen-bond acceptors (Lipinski definition) is 2. The molecule has 0 aliphatic heterocycles. The highest BCUT2D eigenvalue weighted by atomic mass is 35.5. The van der Waals surface area contributed by atoms with Crippen molar-refractivity contribution >= 4 is 24.0 Å². The Morgan fingerprint density at radius 3 is 2.62 bits per heavy atom. The van der Waals surface area contributed by atoms with Crippen LogP contribution in [0.3, 0.4) is 0 Å². The van der Waals surface area contributed by atoms with E-state index in [0.29, 0.717) is 11.1 Å². The number of hydrogen-bond donors (Lipinski definition) is 1. The molecule has 16 heavy (non-hydrogen) atoms. The highest BCUT2D eigenvalue weighted by Crippen LogP contribution is 2.24. The van der Waals surface area contributed by atoms with Crippen molar-refractivity contribution in [3.05, 3.63) is 28.8 Å². The maximum absolute atomic E-state index is 6.03. The molecule has 1 atom stereocenters. The molecule has 0 aliphatic carbocycles. The third-order valence-corrected chi connectivity index (χ3v) is 2.78. The lowest BCUT2D eigenvalue weighted by Gasteiger charge is -2.12. The standard InChI is InChI=1S/C12H18ClNO.ClH/c1-4-9(2)14-8-10-5-6-12(15-3)11(13)7-10;/h5-7,9,14H,4,8H2,1-3H3;1H. The normalized spacial score (nSPS) is 11.8. The molecule has 1 unspecified atom stereocenters. The minimum atomic E-state index is 0. The second-order valence-electron chi connectivity index (χ2n) is 3.66. The van der Waals surface area contributed by atoms with E-state index < -0.39 is 0 Å². The summed E-state index contributed by atoms with van der Waals surface area (Å²) in [4.78, 5) is 0. The molecule has 0 amide bonds. The smallest absolute Gasteiger partial charge is 0.137 e. The molecule has 92 valence electrons. The van der Waals surface area contributed by atoms with Crippen LogP contribution in [0.15, 0.2) is 18.2 Å². The quantitative estimate of drug-likeness (QED) is 0.876. The minimum absolute atomic E-state index is 0. The molecule has 2 nitrogen and oxygen atoms in total. The topological polar surface area (TPSA) is 21.3 Å². The van der Waals surface area contributed by atoms with Gasteiger partial charge in [0.1, 0.15) is 5.75 Å². The van der Waals surface area contributed by atoms with E-state index in [1.807, 2.05) is 18.2 Å². The molecule has 0 heterocycles. The second-order valence-corrected chi connectivity index (χ2v) is 4.07. The van der Waals surface area contributed by atoms with Crippen LogP contribution in [0.2, 0.25) is 5.02 Å². The van der Waals surface area contributed by atoms with Crippen molar-refractivity contribution in [3.63, 3.8) is 0 Å². The molecule has 0 saturated carbocycles. The van der Waals surface area contributed by atoms with Crippen molar-refractivity contribution in [1.29, 1.82) is 0 Å². The first kappa shape index (κ1) is 15.6. The Hall–Kier alpha value is -0.440. The van der Waals surface area contributed by atoms with Gasteiger partial charge in [0, 0.05) is 12.6 Å². The molecular weight excluding hydrogens is 245 g/mol. The van der Waals surface area contributed by atoms with E-state index in [1.165, 1.54) is 5.56 Å². The van der Waals surface area contributed by atoms with E-state index >= 15 is 0 Å². The molecule has 0 aromatic heterocycles. The van der Waals surface area contributed by atoms with Crippen LogP contribution in [0, 0.1) is 0 Å². The Bertz CT molecular complexity index is 318. The molecule has 0 radical (unpaired) electrons. The number of ether oxygens (including phenoxy) is 1. The van der Waals surface area contributed by atoms with E-state index in [2.05, 4.69) is 19.2 Å². The Morgan fingerprint density at radius 2 is 2.12 bits per heavy atom.